The van der Waals surface area contributed by atoms with Crippen LogP contribution in [-0.4, -0.2) is 33.3 Å². The van der Waals surface area contributed by atoms with Crippen LogP contribution >= 0.6 is 0 Å². The summed E-state index contributed by atoms with van der Waals surface area (Å²) in [4.78, 5) is 10.8. The van der Waals surface area contributed by atoms with Crippen molar-refractivity contribution < 1.29 is 23.1 Å². The predicted octanol–water partition coefficient (Wildman–Crippen LogP) is -0.0896. The van der Waals surface area contributed by atoms with Gasteiger partial charge < -0.3 is 9.84 Å². The summed E-state index contributed by atoms with van der Waals surface area (Å²) >= 11 is 0. The number of amides is 1. The van der Waals surface area contributed by atoms with Gasteiger partial charge in [-0.1, -0.05) is 30.3 Å². The van der Waals surface area contributed by atoms with E-state index < -0.39 is 29.0 Å². The van der Waals surface area contributed by atoms with E-state index in [-0.39, 0.29) is 0 Å². The molecule has 7 nitrogen and oxygen atoms in total. The van der Waals surface area contributed by atoms with Crippen LogP contribution in [0, 0.1) is 0 Å². The first kappa shape index (κ1) is 14.4. The van der Waals surface area contributed by atoms with Gasteiger partial charge in [0.25, 0.3) is 0 Å². The standard InChI is InChI=1S/C10H14N2O5S/c1-17-10(14)12-18(15,16)11-9(7-13)8-5-3-2-4-6-8/h2-6,9,11,13H,7H2,1H3,(H,12,14)/t9-/m1/s1. The number of nitrogens with one attached hydrogen (secondary N) is 2. The van der Waals surface area contributed by atoms with Gasteiger partial charge in [-0.3, -0.25) is 0 Å². The molecule has 3 N–H and O–H groups in total. The van der Waals surface area contributed by atoms with Crippen LogP contribution in [0.5, 0.6) is 0 Å². The van der Waals surface area contributed by atoms with Gasteiger partial charge in [0.2, 0.25) is 0 Å². The van der Waals surface area contributed by atoms with Gasteiger partial charge in [0.05, 0.1) is 19.8 Å². The van der Waals surface area contributed by atoms with Crippen molar-refractivity contribution in [3.8, 4) is 0 Å². The van der Waals surface area contributed by atoms with Crippen LogP contribution in [0.1, 0.15) is 11.6 Å². The number of ether oxygens (including phenoxy) is 1. The van der Waals surface area contributed by atoms with Crippen molar-refractivity contribution in [3.05, 3.63) is 35.9 Å². The van der Waals surface area contributed by atoms with Crippen molar-refractivity contribution in [2.24, 2.45) is 0 Å². The van der Waals surface area contributed by atoms with E-state index in [0.29, 0.717) is 5.56 Å². The maximum Gasteiger partial charge on any atom is 0.421 e. The van der Waals surface area contributed by atoms with Gasteiger partial charge >= 0.3 is 16.3 Å². The molecule has 0 saturated heterocycles. The Morgan fingerprint density at radius 1 is 1.39 bits per heavy atom. The van der Waals surface area contributed by atoms with E-state index in [1.807, 2.05) is 0 Å². The quantitative estimate of drug-likeness (QED) is 0.696. The number of rotatable bonds is 5. The lowest BCUT2D eigenvalue weighted by molar-refractivity contribution is 0.177. The van der Waals surface area contributed by atoms with Crippen LogP contribution in [-0.2, 0) is 14.9 Å². The van der Waals surface area contributed by atoms with Gasteiger partial charge in [-0.25, -0.2) is 9.52 Å². The van der Waals surface area contributed by atoms with Crippen LogP contribution in [0.15, 0.2) is 30.3 Å². The Balaban J connectivity index is 2.78. The molecule has 0 heterocycles. The lowest BCUT2D eigenvalue weighted by Crippen LogP contribution is -2.42. The number of benzene rings is 1. The summed E-state index contributed by atoms with van der Waals surface area (Å²) in [5, 5.41) is 9.16. The molecule has 1 amide bonds. The summed E-state index contributed by atoms with van der Waals surface area (Å²) in [6.45, 7) is -0.438. The molecule has 100 valence electrons. The van der Waals surface area contributed by atoms with Crippen molar-refractivity contribution in [3.63, 3.8) is 0 Å². The molecule has 0 aliphatic rings. The van der Waals surface area contributed by atoms with Crippen LogP contribution in [0.4, 0.5) is 4.79 Å². The molecule has 1 aromatic carbocycles. The Labute approximate surface area is 105 Å². The van der Waals surface area contributed by atoms with Crippen LogP contribution in [0.2, 0.25) is 0 Å². The fraction of sp³-hybridized carbons (Fsp3) is 0.300. The average Bonchev–Trinajstić information content (AvgIpc) is 2.36. The highest BCUT2D eigenvalue weighted by atomic mass is 32.2. The van der Waals surface area contributed by atoms with Crippen molar-refractivity contribution in [1.29, 1.82) is 0 Å². The number of hydrogen-bond donors (Lipinski definition) is 3. The molecular formula is C10H14N2O5S. The van der Waals surface area contributed by atoms with E-state index in [1.54, 1.807) is 35.1 Å². The molecule has 0 unspecified atom stereocenters. The molecule has 0 saturated carbocycles. The molecule has 0 aliphatic carbocycles. The van der Waals surface area contributed by atoms with Crippen LogP contribution in [0.25, 0.3) is 0 Å². The number of aliphatic hydroxyl groups is 1. The predicted molar refractivity (Wildman–Crippen MR) is 63.9 cm³/mol. The lowest BCUT2D eigenvalue weighted by Gasteiger charge is -2.16. The third kappa shape index (κ3) is 4.32. The summed E-state index contributed by atoms with van der Waals surface area (Å²) in [5.74, 6) is 0. The molecule has 1 atom stereocenters. The Hall–Kier alpha value is -1.64. The fourth-order valence-corrected chi connectivity index (χ4v) is 2.21. The topological polar surface area (TPSA) is 105 Å². The van der Waals surface area contributed by atoms with Gasteiger partial charge in [0.15, 0.2) is 0 Å². The molecule has 1 rings (SSSR count). The van der Waals surface area contributed by atoms with Gasteiger partial charge in [0.1, 0.15) is 0 Å². The number of carbonyl (C=O) groups excluding carboxylic acids is 1. The molecule has 0 aromatic heterocycles. The first-order valence-electron chi connectivity index (χ1n) is 5.02. The number of methoxy groups -OCH3 is 1. The second-order valence-electron chi connectivity index (χ2n) is 3.36. The van der Waals surface area contributed by atoms with E-state index in [1.165, 1.54) is 0 Å². The zero-order valence-electron chi connectivity index (χ0n) is 9.66. The highest BCUT2D eigenvalue weighted by molar-refractivity contribution is 7.88. The Morgan fingerprint density at radius 2 is 2.00 bits per heavy atom. The largest absolute Gasteiger partial charge is 0.452 e. The van der Waals surface area contributed by atoms with Crippen molar-refractivity contribution in [2.75, 3.05) is 13.7 Å². The molecule has 0 spiro atoms. The van der Waals surface area contributed by atoms with E-state index >= 15 is 0 Å². The zero-order chi connectivity index (χ0) is 13.6. The molecule has 0 bridgehead atoms. The van der Waals surface area contributed by atoms with Gasteiger partial charge in [-0.15, -0.1) is 0 Å². The first-order valence-corrected chi connectivity index (χ1v) is 6.50. The van der Waals surface area contributed by atoms with Crippen molar-refractivity contribution in [2.45, 2.75) is 6.04 Å². The van der Waals surface area contributed by atoms with Crippen LogP contribution in [0.3, 0.4) is 0 Å². The number of hydrogen-bond acceptors (Lipinski definition) is 5. The molecule has 0 fully saturated rings. The molecule has 0 radical (unpaired) electrons. The van der Waals surface area contributed by atoms with E-state index in [4.69, 9.17) is 5.11 Å². The number of aliphatic hydroxyl groups excluding tert-OH is 1. The van der Waals surface area contributed by atoms with E-state index in [2.05, 4.69) is 9.46 Å². The van der Waals surface area contributed by atoms with E-state index in [9.17, 15) is 13.2 Å². The average molecular weight is 274 g/mol. The van der Waals surface area contributed by atoms with Crippen molar-refractivity contribution in [1.82, 2.24) is 9.44 Å². The highest BCUT2D eigenvalue weighted by Gasteiger charge is 2.20. The normalized spacial score (nSPS) is 12.8. The Bertz CT molecular complexity index is 488. The smallest absolute Gasteiger partial charge is 0.421 e. The monoisotopic (exact) mass is 274 g/mol. The van der Waals surface area contributed by atoms with Crippen molar-refractivity contribution >= 4 is 16.3 Å². The van der Waals surface area contributed by atoms with E-state index in [0.717, 1.165) is 7.11 Å². The minimum atomic E-state index is -4.09. The minimum Gasteiger partial charge on any atom is -0.452 e. The summed E-state index contributed by atoms with van der Waals surface area (Å²) in [7, 11) is -3.04. The number of carbonyl (C=O) groups is 1. The first-order chi connectivity index (χ1) is 8.48. The minimum absolute atomic E-state index is 0.438. The van der Waals surface area contributed by atoms with Gasteiger partial charge in [0, 0.05) is 0 Å². The van der Waals surface area contributed by atoms with Gasteiger partial charge in [-0.05, 0) is 5.56 Å². The molecule has 8 heteroatoms. The summed E-state index contributed by atoms with van der Waals surface area (Å²) in [6.07, 6.45) is -1.10. The highest BCUT2D eigenvalue weighted by Crippen LogP contribution is 2.12. The van der Waals surface area contributed by atoms with Crippen LogP contribution < -0.4 is 9.44 Å². The zero-order valence-corrected chi connectivity index (χ0v) is 10.5. The summed E-state index contributed by atoms with van der Waals surface area (Å²) in [6, 6.07) is 7.65. The summed E-state index contributed by atoms with van der Waals surface area (Å²) < 4.78 is 31.0. The molecule has 1 aromatic rings. The molecule has 18 heavy (non-hydrogen) atoms. The fourth-order valence-electron chi connectivity index (χ4n) is 1.26. The molecular weight excluding hydrogens is 260 g/mol. The maximum atomic E-state index is 11.5. The maximum absolute atomic E-state index is 11.5. The Kier molecular flexibility index (Phi) is 5.08. The molecule has 0 aliphatic heterocycles. The SMILES string of the molecule is COC(=O)NS(=O)(=O)N[C@H](CO)c1ccccc1. The third-order valence-electron chi connectivity index (χ3n) is 2.09. The Morgan fingerprint density at radius 3 is 2.50 bits per heavy atom. The lowest BCUT2D eigenvalue weighted by atomic mass is 10.1. The second kappa shape index (κ2) is 6.34. The van der Waals surface area contributed by atoms with Gasteiger partial charge in [-0.2, -0.15) is 13.1 Å². The summed E-state index contributed by atoms with van der Waals surface area (Å²) in [5.41, 5.74) is 0.579. The second-order valence-corrected chi connectivity index (χ2v) is 4.81. The third-order valence-corrected chi connectivity index (χ3v) is 3.12.